The zero-order valence-electron chi connectivity index (χ0n) is 19.6. The first-order valence-corrected chi connectivity index (χ1v) is 13.9. The van der Waals surface area contributed by atoms with Gasteiger partial charge in [0.25, 0.3) is 11.3 Å². The normalized spacial score (nSPS) is 12.3. The van der Waals surface area contributed by atoms with Crippen molar-refractivity contribution < 1.29 is 23.1 Å². The predicted molar refractivity (Wildman–Crippen MR) is 145 cm³/mol. The lowest BCUT2D eigenvalue weighted by atomic mass is 10.0. The van der Waals surface area contributed by atoms with E-state index in [4.69, 9.17) is 9.97 Å². The first kappa shape index (κ1) is 25.6. The smallest absolute Gasteiger partial charge is 0.364 e. The second kappa shape index (κ2) is 10.7. The molecule has 4 N–H and O–H groups in total. The highest BCUT2D eigenvalue weighted by Crippen LogP contribution is 2.45. The third-order valence-electron chi connectivity index (χ3n) is 5.56. The minimum atomic E-state index is -5.12. The second-order valence-corrected chi connectivity index (χ2v) is 10.6. The van der Waals surface area contributed by atoms with Crippen LogP contribution in [0.2, 0.25) is 0 Å². The summed E-state index contributed by atoms with van der Waals surface area (Å²) in [4.78, 5) is 36.9. The Kier molecular flexibility index (Phi) is 7.23. The third kappa shape index (κ3) is 5.44. The van der Waals surface area contributed by atoms with E-state index in [1.807, 2.05) is 66.7 Å². The van der Waals surface area contributed by atoms with Crippen LogP contribution in [0.5, 0.6) is 0 Å². The number of nitrogens with zero attached hydrogens (tertiary/aromatic N) is 5. The molecule has 3 aromatic heterocycles. The summed E-state index contributed by atoms with van der Waals surface area (Å²) in [7, 11) is -5.12. The third-order valence-corrected chi connectivity index (χ3v) is 7.83. The summed E-state index contributed by atoms with van der Waals surface area (Å²) in [5, 5.41) is 4.12. The van der Waals surface area contributed by atoms with Crippen LogP contribution in [-0.4, -0.2) is 38.5 Å². The Morgan fingerprint density at radius 3 is 2.42 bits per heavy atom. The van der Waals surface area contributed by atoms with Crippen LogP contribution >= 0.6 is 7.75 Å². The van der Waals surface area contributed by atoms with Crippen LogP contribution in [0.1, 0.15) is 5.69 Å². The minimum Gasteiger partial charge on any atom is -0.364 e. The molecule has 0 fully saturated rings. The van der Waals surface area contributed by atoms with E-state index in [0.717, 1.165) is 28.4 Å². The van der Waals surface area contributed by atoms with E-state index in [0.29, 0.717) is 23.4 Å². The topological polar surface area (TPSA) is 162 Å². The first-order valence-electron chi connectivity index (χ1n) is 11.2. The molecule has 0 saturated carbocycles. The summed E-state index contributed by atoms with van der Waals surface area (Å²) in [6, 6.07) is 22.4. The molecule has 13 heteroatoms. The van der Waals surface area contributed by atoms with Gasteiger partial charge in [-0.05, 0) is 35.4 Å². The van der Waals surface area contributed by atoms with Crippen LogP contribution in [0.25, 0.3) is 33.4 Å². The lowest BCUT2D eigenvalue weighted by molar-refractivity contribution is 0.374. The van der Waals surface area contributed by atoms with Crippen molar-refractivity contribution in [2.75, 3.05) is 9.39 Å². The van der Waals surface area contributed by atoms with Gasteiger partial charge in [0.2, 0.25) is 0 Å². The number of pyridine rings is 2. The molecule has 0 amide bonds. The highest BCUT2D eigenvalue weighted by atomic mass is 32.2. The summed E-state index contributed by atoms with van der Waals surface area (Å²) in [5.41, 5.74) is 3.32. The Morgan fingerprint density at radius 2 is 1.71 bits per heavy atom. The Morgan fingerprint density at radius 1 is 0.921 bits per heavy atom. The predicted octanol–water partition coefficient (Wildman–Crippen LogP) is 4.40. The van der Waals surface area contributed by atoms with Crippen molar-refractivity contribution in [3.63, 3.8) is 0 Å². The van der Waals surface area contributed by atoms with Gasteiger partial charge < -0.3 is 15.1 Å². The average molecular weight is 549 g/mol. The van der Waals surface area contributed by atoms with Crippen LogP contribution in [0.15, 0.2) is 91.4 Å². The molecule has 0 bridgehead atoms. The summed E-state index contributed by atoms with van der Waals surface area (Å²) in [6.07, 6.45) is 4.18. The maximum absolute atomic E-state index is 11.8. The Bertz CT molecular complexity index is 1670. The fourth-order valence-corrected chi connectivity index (χ4v) is 5.38. The maximum Gasteiger partial charge on any atom is 0.443 e. The molecule has 5 aromatic rings. The average Bonchev–Trinajstić information content (AvgIpc) is 2.91. The number of fused-ring (bicyclic) bond motifs is 1. The molecule has 192 valence electrons. The maximum atomic E-state index is 11.8. The molecule has 2 aromatic carbocycles. The zero-order valence-corrected chi connectivity index (χ0v) is 21.3. The van der Waals surface area contributed by atoms with Crippen LogP contribution in [0, 0.1) is 0 Å². The lowest BCUT2D eigenvalue weighted by Crippen LogP contribution is -2.21. The second-order valence-electron chi connectivity index (χ2n) is 8.08. The molecule has 0 aliphatic rings. The molecule has 0 saturated heterocycles. The largest absolute Gasteiger partial charge is 0.443 e. The van der Waals surface area contributed by atoms with Crippen molar-refractivity contribution >= 4 is 41.4 Å². The van der Waals surface area contributed by atoms with Gasteiger partial charge in [0.1, 0.15) is 5.82 Å². The van der Waals surface area contributed by atoms with Crippen molar-refractivity contribution in [2.24, 2.45) is 0 Å². The summed E-state index contributed by atoms with van der Waals surface area (Å²) < 4.78 is 33.1. The van der Waals surface area contributed by atoms with Gasteiger partial charge >= 0.3 is 7.75 Å². The van der Waals surface area contributed by atoms with Crippen LogP contribution < -0.4 is 9.39 Å². The fraction of sp³-hybridized carbons (Fsp3) is 0.0400. The summed E-state index contributed by atoms with van der Waals surface area (Å²) >= 11 is -2.99. The molecule has 11 nitrogen and oxygen atoms in total. The van der Waals surface area contributed by atoms with E-state index in [1.165, 1.54) is 12.3 Å². The Balaban J connectivity index is 1.66. The van der Waals surface area contributed by atoms with Crippen molar-refractivity contribution in [1.82, 2.24) is 19.9 Å². The van der Waals surface area contributed by atoms with Gasteiger partial charge in [-0.2, -0.15) is 4.08 Å². The minimum absolute atomic E-state index is 0.0677. The summed E-state index contributed by atoms with van der Waals surface area (Å²) in [5.74, 6) is 0.716. The van der Waals surface area contributed by atoms with Crippen molar-refractivity contribution in [2.45, 2.75) is 6.54 Å². The van der Waals surface area contributed by atoms with E-state index >= 15 is 0 Å². The fourth-order valence-electron chi connectivity index (χ4n) is 3.96. The van der Waals surface area contributed by atoms with Crippen LogP contribution in [-0.2, 0) is 22.4 Å². The Labute approximate surface area is 219 Å². The lowest BCUT2D eigenvalue weighted by Gasteiger charge is -2.20. The van der Waals surface area contributed by atoms with Gasteiger partial charge in [0.15, 0.2) is 5.82 Å². The molecule has 0 aliphatic carbocycles. The number of hydrogen-bond donors (Lipinski definition) is 4. The first-order chi connectivity index (χ1) is 18.3. The van der Waals surface area contributed by atoms with E-state index in [2.05, 4.69) is 15.3 Å². The van der Waals surface area contributed by atoms with Gasteiger partial charge in [-0.3, -0.25) is 14.5 Å². The van der Waals surface area contributed by atoms with Gasteiger partial charge in [-0.25, -0.2) is 18.7 Å². The zero-order chi connectivity index (χ0) is 26.7. The van der Waals surface area contributed by atoms with Gasteiger partial charge in [-0.15, -0.1) is 0 Å². The molecule has 38 heavy (non-hydrogen) atoms. The van der Waals surface area contributed by atoms with Gasteiger partial charge in [0.05, 0.1) is 35.0 Å². The van der Waals surface area contributed by atoms with E-state index < -0.39 is 19.0 Å². The molecule has 1 atom stereocenters. The van der Waals surface area contributed by atoms with Crippen LogP contribution in [0.4, 0.5) is 11.5 Å². The molecule has 0 aliphatic heterocycles. The molecule has 3 heterocycles. The van der Waals surface area contributed by atoms with E-state index in [1.54, 1.807) is 6.20 Å². The van der Waals surface area contributed by atoms with Crippen molar-refractivity contribution in [3.8, 4) is 22.5 Å². The standard InChI is InChI=1S/C25H21N6O5PS/c32-37(33,34)31(38(35)36)20-13-18(14-26-16-20)24-29-22-11-6-10-21(17-7-2-1-3-8-17)23(22)25(30-24)28-15-19-9-4-5-12-27-19/h1-14,16H,15H2,(H,35,36)(H,28,29,30)(H2,32,33,34). The number of anilines is 2. The molecular weight excluding hydrogens is 527 g/mol. The quantitative estimate of drug-likeness (QED) is 0.161. The molecule has 0 spiro atoms. The number of nitrogens with one attached hydrogen (secondary N) is 1. The molecular formula is C25H21N6O5PS. The van der Waals surface area contributed by atoms with E-state index in [-0.39, 0.29) is 15.6 Å². The molecule has 1 unspecified atom stereocenters. The number of hydrogen-bond acceptors (Lipinski definition) is 7. The van der Waals surface area contributed by atoms with E-state index in [9.17, 15) is 23.1 Å². The molecule has 0 radical (unpaired) electrons. The van der Waals surface area contributed by atoms with Gasteiger partial charge in [0, 0.05) is 18.0 Å². The summed E-state index contributed by atoms with van der Waals surface area (Å²) in [6.45, 7) is 0.378. The molecule has 5 rings (SSSR count). The monoisotopic (exact) mass is 548 g/mol. The van der Waals surface area contributed by atoms with Crippen LogP contribution in [0.3, 0.4) is 0 Å². The number of aromatic nitrogens is 4. The highest BCUT2D eigenvalue weighted by molar-refractivity contribution is 7.89. The number of benzene rings is 2. The van der Waals surface area contributed by atoms with Crippen molar-refractivity contribution in [3.05, 3.63) is 97.1 Å². The number of rotatable bonds is 8. The SMILES string of the molecule is O=S(O)N(c1cncc(-c2nc(NCc3ccccn3)c3c(-c4ccccc4)cccc3n2)c1)P(=O)(O)O. The highest BCUT2D eigenvalue weighted by Gasteiger charge is 2.31. The van der Waals surface area contributed by atoms with Crippen molar-refractivity contribution in [1.29, 1.82) is 0 Å². The van der Waals surface area contributed by atoms with Gasteiger partial charge in [-0.1, -0.05) is 48.5 Å². The Hall–Kier alpha value is -4.06.